The number of benzene rings is 2. The van der Waals surface area contributed by atoms with Crippen LogP contribution in [0.4, 0.5) is 0 Å². The average molecular weight is 376 g/mol. The molecule has 124 valence electrons. The maximum atomic E-state index is 6.02. The first kappa shape index (κ1) is 17.4. The Morgan fingerprint density at radius 2 is 1.75 bits per heavy atom. The standard InChI is InChI=1S/C18H18ClN3S2/c1-13-5-3-4-6-16(13)22-17(14-7-9-15(19)10-8-14)20-21-18(22)24-12-11-23-2/h3-10H,11-12H2,1-2H3. The molecular weight excluding hydrogens is 358 g/mol. The lowest BCUT2D eigenvalue weighted by atomic mass is 10.1. The van der Waals surface area contributed by atoms with Gasteiger partial charge in [-0.05, 0) is 49.1 Å². The highest BCUT2D eigenvalue weighted by molar-refractivity contribution is 8.02. The van der Waals surface area contributed by atoms with Gasteiger partial charge in [0.25, 0.3) is 0 Å². The zero-order valence-electron chi connectivity index (χ0n) is 13.6. The molecule has 6 heteroatoms. The molecule has 3 rings (SSSR count). The van der Waals surface area contributed by atoms with Gasteiger partial charge in [-0.15, -0.1) is 10.2 Å². The van der Waals surface area contributed by atoms with E-state index in [-0.39, 0.29) is 0 Å². The number of para-hydroxylation sites is 1. The molecule has 3 aromatic rings. The number of hydrogen-bond donors (Lipinski definition) is 0. The molecular formula is C18H18ClN3S2. The maximum absolute atomic E-state index is 6.02. The van der Waals surface area contributed by atoms with Crippen LogP contribution in [-0.4, -0.2) is 32.5 Å². The molecule has 1 heterocycles. The summed E-state index contributed by atoms with van der Waals surface area (Å²) in [6.45, 7) is 2.11. The fourth-order valence-electron chi connectivity index (χ4n) is 2.40. The second-order valence-corrected chi connectivity index (χ2v) is 7.76. The lowest BCUT2D eigenvalue weighted by Gasteiger charge is -2.12. The van der Waals surface area contributed by atoms with Crippen molar-refractivity contribution in [3.8, 4) is 17.1 Å². The van der Waals surface area contributed by atoms with Gasteiger partial charge in [0.05, 0.1) is 5.69 Å². The lowest BCUT2D eigenvalue weighted by Crippen LogP contribution is -2.02. The fourth-order valence-corrected chi connectivity index (χ4v) is 4.12. The molecule has 0 N–H and O–H groups in total. The van der Waals surface area contributed by atoms with Gasteiger partial charge in [0, 0.05) is 22.1 Å². The van der Waals surface area contributed by atoms with Gasteiger partial charge >= 0.3 is 0 Å². The van der Waals surface area contributed by atoms with Gasteiger partial charge in [0.1, 0.15) is 0 Å². The zero-order chi connectivity index (χ0) is 16.9. The molecule has 0 unspecified atom stereocenters. The average Bonchev–Trinajstić information content (AvgIpc) is 3.00. The summed E-state index contributed by atoms with van der Waals surface area (Å²) in [6.07, 6.45) is 2.12. The topological polar surface area (TPSA) is 30.7 Å². The van der Waals surface area contributed by atoms with Crippen LogP contribution in [-0.2, 0) is 0 Å². The van der Waals surface area contributed by atoms with E-state index in [4.69, 9.17) is 11.6 Å². The summed E-state index contributed by atoms with van der Waals surface area (Å²) in [6, 6.07) is 16.0. The molecule has 0 radical (unpaired) electrons. The van der Waals surface area contributed by atoms with Crippen LogP contribution in [0.15, 0.2) is 53.7 Å². The Bertz CT molecular complexity index is 815. The Hall–Kier alpha value is -1.43. The van der Waals surface area contributed by atoms with E-state index >= 15 is 0 Å². The number of aryl methyl sites for hydroxylation is 1. The van der Waals surface area contributed by atoms with E-state index < -0.39 is 0 Å². The van der Waals surface area contributed by atoms with Crippen molar-refractivity contribution in [2.75, 3.05) is 17.8 Å². The minimum atomic E-state index is 0.718. The Morgan fingerprint density at radius 3 is 2.46 bits per heavy atom. The Labute approximate surface area is 155 Å². The molecule has 0 bridgehead atoms. The highest BCUT2D eigenvalue weighted by atomic mass is 35.5. The molecule has 0 fully saturated rings. The molecule has 3 nitrogen and oxygen atoms in total. The normalized spacial score (nSPS) is 11.0. The van der Waals surface area contributed by atoms with Crippen molar-refractivity contribution < 1.29 is 0 Å². The van der Waals surface area contributed by atoms with Crippen LogP contribution in [0, 0.1) is 6.92 Å². The predicted octanol–water partition coefficient (Wildman–Crippen LogP) is 5.35. The van der Waals surface area contributed by atoms with Gasteiger partial charge in [-0.3, -0.25) is 4.57 Å². The summed E-state index contributed by atoms with van der Waals surface area (Å²) in [5.41, 5.74) is 3.31. The predicted molar refractivity (Wildman–Crippen MR) is 106 cm³/mol. The van der Waals surface area contributed by atoms with E-state index in [1.54, 1.807) is 11.8 Å². The van der Waals surface area contributed by atoms with E-state index in [0.29, 0.717) is 0 Å². The van der Waals surface area contributed by atoms with E-state index in [1.807, 2.05) is 48.2 Å². The second-order valence-electron chi connectivity index (χ2n) is 5.28. The molecule has 0 saturated heterocycles. The molecule has 0 amide bonds. The van der Waals surface area contributed by atoms with Crippen LogP contribution in [0.5, 0.6) is 0 Å². The van der Waals surface area contributed by atoms with Crippen molar-refractivity contribution in [2.24, 2.45) is 0 Å². The minimum absolute atomic E-state index is 0.718. The molecule has 0 atom stereocenters. The van der Waals surface area contributed by atoms with Crippen molar-refractivity contribution in [3.05, 3.63) is 59.1 Å². The van der Waals surface area contributed by atoms with Crippen LogP contribution in [0.1, 0.15) is 5.56 Å². The third-order valence-corrected chi connectivity index (χ3v) is 5.66. The number of hydrogen-bond acceptors (Lipinski definition) is 4. The molecule has 1 aromatic heterocycles. The maximum Gasteiger partial charge on any atom is 0.196 e. The first-order valence-electron chi connectivity index (χ1n) is 7.60. The van der Waals surface area contributed by atoms with Gasteiger partial charge in [0.15, 0.2) is 11.0 Å². The van der Waals surface area contributed by atoms with E-state index in [1.165, 1.54) is 5.56 Å². The Balaban J connectivity index is 2.09. The van der Waals surface area contributed by atoms with Crippen LogP contribution in [0.2, 0.25) is 5.02 Å². The number of thioether (sulfide) groups is 2. The zero-order valence-corrected chi connectivity index (χ0v) is 16.0. The van der Waals surface area contributed by atoms with E-state index in [0.717, 1.165) is 38.8 Å². The van der Waals surface area contributed by atoms with Crippen LogP contribution in [0.25, 0.3) is 17.1 Å². The van der Waals surface area contributed by atoms with Crippen LogP contribution < -0.4 is 0 Å². The summed E-state index contributed by atoms with van der Waals surface area (Å²) in [7, 11) is 0. The number of rotatable bonds is 6. The fraction of sp³-hybridized carbons (Fsp3) is 0.222. The second kappa shape index (κ2) is 8.10. The van der Waals surface area contributed by atoms with Crippen molar-refractivity contribution in [3.63, 3.8) is 0 Å². The van der Waals surface area contributed by atoms with Gasteiger partial charge < -0.3 is 0 Å². The first-order chi connectivity index (χ1) is 11.7. The molecule has 0 saturated carbocycles. The molecule has 0 spiro atoms. The smallest absolute Gasteiger partial charge is 0.196 e. The third kappa shape index (κ3) is 3.79. The van der Waals surface area contributed by atoms with Crippen molar-refractivity contribution in [1.82, 2.24) is 14.8 Å². The van der Waals surface area contributed by atoms with Gasteiger partial charge in [-0.2, -0.15) is 11.8 Å². The Kier molecular flexibility index (Phi) is 5.87. The molecule has 0 aliphatic rings. The van der Waals surface area contributed by atoms with E-state index in [9.17, 15) is 0 Å². The van der Waals surface area contributed by atoms with Gasteiger partial charge in [-0.25, -0.2) is 0 Å². The summed E-state index contributed by atoms with van der Waals surface area (Å²) < 4.78 is 2.14. The van der Waals surface area contributed by atoms with Gasteiger partial charge in [0.2, 0.25) is 0 Å². The summed E-state index contributed by atoms with van der Waals surface area (Å²) in [5, 5.41) is 10.5. The van der Waals surface area contributed by atoms with E-state index in [2.05, 4.69) is 40.1 Å². The lowest BCUT2D eigenvalue weighted by molar-refractivity contribution is 0.881. The summed E-state index contributed by atoms with van der Waals surface area (Å²) in [4.78, 5) is 0. The monoisotopic (exact) mass is 375 g/mol. The van der Waals surface area contributed by atoms with Crippen molar-refractivity contribution >= 4 is 35.1 Å². The minimum Gasteiger partial charge on any atom is -0.270 e. The summed E-state index contributed by atoms with van der Waals surface area (Å²) >= 11 is 9.60. The SMILES string of the molecule is CSCCSc1nnc(-c2ccc(Cl)cc2)n1-c1ccccc1C. The number of nitrogens with zero attached hydrogens (tertiary/aromatic N) is 3. The van der Waals surface area contributed by atoms with Gasteiger partial charge in [-0.1, -0.05) is 41.6 Å². The Morgan fingerprint density at radius 1 is 1.00 bits per heavy atom. The molecule has 0 aliphatic carbocycles. The number of aromatic nitrogens is 3. The van der Waals surface area contributed by atoms with Crippen molar-refractivity contribution in [1.29, 1.82) is 0 Å². The molecule has 24 heavy (non-hydrogen) atoms. The number of halogens is 1. The van der Waals surface area contributed by atoms with Crippen LogP contribution >= 0.6 is 35.1 Å². The molecule has 2 aromatic carbocycles. The van der Waals surface area contributed by atoms with Crippen LogP contribution in [0.3, 0.4) is 0 Å². The first-order valence-corrected chi connectivity index (χ1v) is 10.4. The molecule has 0 aliphatic heterocycles. The summed E-state index contributed by atoms with van der Waals surface area (Å²) in [5.74, 6) is 2.93. The highest BCUT2D eigenvalue weighted by Gasteiger charge is 2.17. The highest BCUT2D eigenvalue weighted by Crippen LogP contribution is 2.30. The largest absolute Gasteiger partial charge is 0.270 e. The third-order valence-electron chi connectivity index (χ3n) is 3.61. The van der Waals surface area contributed by atoms with Crippen molar-refractivity contribution in [2.45, 2.75) is 12.1 Å². The quantitative estimate of drug-likeness (QED) is 0.429.